The number of benzene rings is 1. The summed E-state index contributed by atoms with van der Waals surface area (Å²) in [5, 5.41) is 0. The minimum absolute atomic E-state index is 0.147. The highest BCUT2D eigenvalue weighted by molar-refractivity contribution is 5.46. The van der Waals surface area contributed by atoms with E-state index in [0.717, 1.165) is 18.6 Å². The van der Waals surface area contributed by atoms with Crippen molar-refractivity contribution >= 4 is 0 Å². The number of nitrogens with one attached hydrogen (secondary N) is 1. The smallest absolute Gasteiger partial charge is 0.125 e. The Bertz CT molecular complexity index is 403. The fourth-order valence-corrected chi connectivity index (χ4v) is 2.36. The van der Waals surface area contributed by atoms with E-state index in [4.69, 9.17) is 9.57 Å². The maximum absolute atomic E-state index is 6.01. The van der Waals surface area contributed by atoms with Gasteiger partial charge in [0.2, 0.25) is 0 Å². The minimum atomic E-state index is 0.147. The normalized spacial score (nSPS) is 22.4. The van der Waals surface area contributed by atoms with E-state index in [-0.39, 0.29) is 12.1 Å². The van der Waals surface area contributed by atoms with E-state index in [1.54, 1.807) is 7.11 Å². The van der Waals surface area contributed by atoms with Crippen LogP contribution < -0.4 is 10.2 Å². The summed E-state index contributed by atoms with van der Waals surface area (Å²) in [7, 11) is 1.65. The second-order valence-corrected chi connectivity index (χ2v) is 4.72. The van der Waals surface area contributed by atoms with E-state index < -0.39 is 0 Å². The van der Waals surface area contributed by atoms with Crippen LogP contribution in [0.15, 0.2) is 12.1 Å². The maximum atomic E-state index is 6.01. The number of rotatable bonds is 4. The minimum Gasteiger partial charge on any atom is -0.488 e. The Balaban J connectivity index is 2.32. The first-order valence-electron chi connectivity index (χ1n) is 6.23. The van der Waals surface area contributed by atoms with Gasteiger partial charge in [0, 0.05) is 5.56 Å². The molecule has 0 fully saturated rings. The summed E-state index contributed by atoms with van der Waals surface area (Å²) < 4.78 is 6.01. The molecule has 2 rings (SSSR count). The molecule has 0 radical (unpaired) electrons. The molecule has 3 nitrogen and oxygen atoms in total. The van der Waals surface area contributed by atoms with Gasteiger partial charge in [-0.3, -0.25) is 0 Å². The average Bonchev–Trinajstić information content (AvgIpc) is 2.59. The number of fused-ring (bicyclic) bond motifs is 1. The molecule has 1 N–H and O–H groups in total. The van der Waals surface area contributed by atoms with Crippen LogP contribution in [0.5, 0.6) is 5.75 Å². The van der Waals surface area contributed by atoms with Crippen molar-refractivity contribution in [1.29, 1.82) is 0 Å². The number of aryl methyl sites for hydroxylation is 2. The van der Waals surface area contributed by atoms with Gasteiger partial charge in [-0.25, -0.2) is 0 Å². The summed E-state index contributed by atoms with van der Waals surface area (Å²) in [5.41, 5.74) is 6.85. The fraction of sp³-hybridized carbons (Fsp3) is 0.571. The lowest BCUT2D eigenvalue weighted by atomic mass is 9.98. The van der Waals surface area contributed by atoms with E-state index in [1.165, 1.54) is 16.7 Å². The van der Waals surface area contributed by atoms with E-state index in [9.17, 15) is 0 Å². The molecule has 0 aromatic heterocycles. The van der Waals surface area contributed by atoms with Gasteiger partial charge in [0.1, 0.15) is 11.9 Å². The number of hydrogen-bond donors (Lipinski definition) is 1. The van der Waals surface area contributed by atoms with Crippen LogP contribution in [0.4, 0.5) is 0 Å². The second-order valence-electron chi connectivity index (χ2n) is 4.72. The van der Waals surface area contributed by atoms with Gasteiger partial charge in [0.15, 0.2) is 0 Å². The highest BCUT2D eigenvalue weighted by Gasteiger charge is 2.34. The molecular weight excluding hydrogens is 214 g/mol. The summed E-state index contributed by atoms with van der Waals surface area (Å²) in [6, 6.07) is 4.48. The SMILES string of the molecule is CCCC1Oc2cc(C)c(C)cc2C1NOC. The molecule has 2 unspecified atom stereocenters. The zero-order valence-corrected chi connectivity index (χ0v) is 11.0. The molecule has 94 valence electrons. The zero-order chi connectivity index (χ0) is 12.4. The van der Waals surface area contributed by atoms with Gasteiger partial charge in [0.25, 0.3) is 0 Å². The Morgan fingerprint density at radius 2 is 2.00 bits per heavy atom. The molecular formula is C14H21NO2. The van der Waals surface area contributed by atoms with E-state index in [0.29, 0.717) is 0 Å². The number of hydrogen-bond acceptors (Lipinski definition) is 3. The molecule has 0 aliphatic carbocycles. The summed E-state index contributed by atoms with van der Waals surface area (Å²) in [6.07, 6.45) is 2.32. The average molecular weight is 235 g/mol. The van der Waals surface area contributed by atoms with Crippen molar-refractivity contribution in [3.05, 3.63) is 28.8 Å². The highest BCUT2D eigenvalue weighted by Crippen LogP contribution is 2.39. The largest absolute Gasteiger partial charge is 0.488 e. The summed E-state index contributed by atoms with van der Waals surface area (Å²) in [5.74, 6) is 1.00. The van der Waals surface area contributed by atoms with Crippen molar-refractivity contribution in [1.82, 2.24) is 5.48 Å². The fourth-order valence-electron chi connectivity index (χ4n) is 2.36. The van der Waals surface area contributed by atoms with Gasteiger partial charge in [-0.1, -0.05) is 19.4 Å². The molecule has 1 heterocycles. The molecule has 1 aliphatic heterocycles. The topological polar surface area (TPSA) is 30.5 Å². The Hall–Kier alpha value is -1.06. The summed E-state index contributed by atoms with van der Waals surface area (Å²) in [4.78, 5) is 5.10. The monoisotopic (exact) mass is 235 g/mol. The van der Waals surface area contributed by atoms with Crippen molar-refractivity contribution < 1.29 is 9.57 Å². The zero-order valence-electron chi connectivity index (χ0n) is 11.0. The van der Waals surface area contributed by atoms with Crippen LogP contribution in [0.1, 0.15) is 42.5 Å². The van der Waals surface area contributed by atoms with Crippen molar-refractivity contribution in [2.75, 3.05) is 7.11 Å². The van der Waals surface area contributed by atoms with Crippen molar-refractivity contribution in [2.24, 2.45) is 0 Å². The third-order valence-corrected chi connectivity index (χ3v) is 3.43. The van der Waals surface area contributed by atoms with Gasteiger partial charge in [-0.05, 0) is 37.5 Å². The Morgan fingerprint density at radius 1 is 1.29 bits per heavy atom. The molecule has 1 aromatic carbocycles. The van der Waals surface area contributed by atoms with Crippen LogP contribution >= 0.6 is 0 Å². The first-order valence-corrected chi connectivity index (χ1v) is 6.23. The van der Waals surface area contributed by atoms with Gasteiger partial charge >= 0.3 is 0 Å². The van der Waals surface area contributed by atoms with E-state index in [1.807, 2.05) is 0 Å². The van der Waals surface area contributed by atoms with Gasteiger partial charge < -0.3 is 9.57 Å². The van der Waals surface area contributed by atoms with Crippen molar-refractivity contribution in [3.63, 3.8) is 0 Å². The van der Waals surface area contributed by atoms with Crippen LogP contribution in [0.2, 0.25) is 0 Å². The Morgan fingerprint density at radius 3 is 2.65 bits per heavy atom. The highest BCUT2D eigenvalue weighted by atomic mass is 16.6. The summed E-state index contributed by atoms with van der Waals surface area (Å²) >= 11 is 0. The lowest BCUT2D eigenvalue weighted by Crippen LogP contribution is -2.30. The predicted octanol–water partition coefficient (Wildman–Crippen LogP) is 3.06. The van der Waals surface area contributed by atoms with E-state index in [2.05, 4.69) is 38.4 Å². The lowest BCUT2D eigenvalue weighted by Gasteiger charge is -2.18. The van der Waals surface area contributed by atoms with Gasteiger partial charge in [-0.2, -0.15) is 5.48 Å². The molecule has 2 atom stereocenters. The first kappa shape index (κ1) is 12.4. The molecule has 0 saturated carbocycles. The van der Waals surface area contributed by atoms with Gasteiger partial charge in [0.05, 0.1) is 13.2 Å². The lowest BCUT2D eigenvalue weighted by molar-refractivity contribution is 0.0269. The van der Waals surface area contributed by atoms with E-state index >= 15 is 0 Å². The van der Waals surface area contributed by atoms with Crippen LogP contribution in [-0.4, -0.2) is 13.2 Å². The molecule has 3 heteroatoms. The quantitative estimate of drug-likeness (QED) is 0.814. The Labute approximate surface area is 103 Å². The number of ether oxygens (including phenoxy) is 1. The molecule has 1 aromatic rings. The summed E-state index contributed by atoms with van der Waals surface area (Å²) in [6.45, 7) is 6.42. The molecule has 1 aliphatic rings. The molecule has 0 bridgehead atoms. The van der Waals surface area contributed by atoms with Crippen LogP contribution in [-0.2, 0) is 4.84 Å². The molecule has 0 saturated heterocycles. The standard InChI is InChI=1S/C14H21NO2/c1-5-6-12-14(15-16-4)11-7-9(2)10(3)8-13(11)17-12/h7-8,12,14-15H,5-6H2,1-4H3. The second kappa shape index (κ2) is 5.07. The van der Waals surface area contributed by atoms with Crippen molar-refractivity contribution in [3.8, 4) is 5.75 Å². The third-order valence-electron chi connectivity index (χ3n) is 3.43. The Kier molecular flexibility index (Phi) is 3.69. The van der Waals surface area contributed by atoms with Crippen LogP contribution in [0, 0.1) is 13.8 Å². The third kappa shape index (κ3) is 2.31. The first-order chi connectivity index (χ1) is 8.17. The molecule has 17 heavy (non-hydrogen) atoms. The predicted molar refractivity (Wildman–Crippen MR) is 68.1 cm³/mol. The van der Waals surface area contributed by atoms with Crippen molar-refractivity contribution in [2.45, 2.75) is 45.8 Å². The van der Waals surface area contributed by atoms with Crippen LogP contribution in [0.3, 0.4) is 0 Å². The molecule has 0 spiro atoms. The number of hydroxylamine groups is 1. The molecule has 0 amide bonds. The maximum Gasteiger partial charge on any atom is 0.125 e. The van der Waals surface area contributed by atoms with Gasteiger partial charge in [-0.15, -0.1) is 0 Å². The van der Waals surface area contributed by atoms with Crippen LogP contribution in [0.25, 0.3) is 0 Å².